The first-order valence-corrected chi connectivity index (χ1v) is 15.5. The molecule has 0 aliphatic rings. The minimum atomic E-state index is -4.48. The van der Waals surface area contributed by atoms with E-state index in [0.29, 0.717) is 16.6 Å². The highest BCUT2D eigenvalue weighted by atomic mass is 19.4. The summed E-state index contributed by atoms with van der Waals surface area (Å²) in [6.07, 6.45) is -2.86. The largest absolute Gasteiger partial charge is 0.417 e. The average Bonchev–Trinajstić information content (AvgIpc) is 3.44. The first-order chi connectivity index (χ1) is 23.0. The number of aromatic nitrogens is 2. The molecule has 9 rings (SSSR count). The molecule has 5 heteroatoms. The van der Waals surface area contributed by atoms with Gasteiger partial charge in [0, 0.05) is 22.7 Å². The van der Waals surface area contributed by atoms with Crippen molar-refractivity contribution in [3.05, 3.63) is 157 Å². The predicted octanol–water partition coefficient (Wildman–Crippen LogP) is 12.0. The Morgan fingerprint density at radius 2 is 1.09 bits per heavy atom. The summed E-state index contributed by atoms with van der Waals surface area (Å²) in [4.78, 5) is 4.53. The van der Waals surface area contributed by atoms with Gasteiger partial charge in [-0.15, -0.1) is 0 Å². The van der Waals surface area contributed by atoms with Gasteiger partial charge in [0.25, 0.3) is 0 Å². The third kappa shape index (κ3) is 4.23. The van der Waals surface area contributed by atoms with E-state index in [2.05, 4.69) is 96.0 Å². The van der Waals surface area contributed by atoms with Crippen LogP contribution in [0, 0.1) is 0 Å². The minimum Gasteiger partial charge on any atom is -0.294 e. The standard InChI is InChI=1S/C42H25F3N2/c43-42(44,45)36-17-8-18-37-40(36)35-16-9-23-46-41(35)47(37)30-22-21-27-24-29(20-19-28(27)25-30)39-33-14-6-4-12-31(33)38(26-10-2-1-3-11-26)32-13-5-7-15-34(32)39/h1-25H. The third-order valence-corrected chi connectivity index (χ3v) is 9.22. The Bertz CT molecular complexity index is 2610. The highest BCUT2D eigenvalue weighted by Gasteiger charge is 2.34. The molecule has 2 heterocycles. The summed E-state index contributed by atoms with van der Waals surface area (Å²) in [5.74, 6) is 0. The van der Waals surface area contributed by atoms with Crippen molar-refractivity contribution in [1.29, 1.82) is 0 Å². The number of hydrogen-bond donors (Lipinski definition) is 0. The predicted molar refractivity (Wildman–Crippen MR) is 187 cm³/mol. The molecule has 0 spiro atoms. The maximum Gasteiger partial charge on any atom is 0.417 e. The van der Waals surface area contributed by atoms with Crippen molar-refractivity contribution in [3.8, 4) is 27.9 Å². The van der Waals surface area contributed by atoms with Gasteiger partial charge in [0.2, 0.25) is 0 Å². The van der Waals surface area contributed by atoms with E-state index >= 15 is 0 Å². The van der Waals surface area contributed by atoms with Crippen molar-refractivity contribution in [1.82, 2.24) is 9.55 Å². The Hall–Kier alpha value is -5.94. The summed E-state index contributed by atoms with van der Waals surface area (Å²) in [6, 6.07) is 47.9. The van der Waals surface area contributed by atoms with Gasteiger partial charge in [0.05, 0.1) is 11.1 Å². The van der Waals surface area contributed by atoms with Gasteiger partial charge in [-0.25, -0.2) is 4.98 Å². The van der Waals surface area contributed by atoms with E-state index in [9.17, 15) is 13.2 Å². The van der Waals surface area contributed by atoms with Crippen LogP contribution < -0.4 is 0 Å². The molecule has 0 atom stereocenters. The summed E-state index contributed by atoms with van der Waals surface area (Å²) >= 11 is 0. The summed E-state index contributed by atoms with van der Waals surface area (Å²) in [7, 11) is 0. The van der Waals surface area contributed by atoms with E-state index in [1.807, 2.05) is 28.8 Å². The Morgan fingerprint density at radius 3 is 1.77 bits per heavy atom. The minimum absolute atomic E-state index is 0.163. The molecule has 0 aliphatic carbocycles. The number of benzene rings is 7. The van der Waals surface area contributed by atoms with E-state index in [0.717, 1.165) is 28.1 Å². The molecular formula is C42H25F3N2. The van der Waals surface area contributed by atoms with Gasteiger partial charge in [0.1, 0.15) is 5.65 Å². The normalized spacial score (nSPS) is 12.1. The van der Waals surface area contributed by atoms with Crippen LogP contribution in [0.25, 0.3) is 82.2 Å². The smallest absolute Gasteiger partial charge is 0.294 e. The third-order valence-electron chi connectivity index (χ3n) is 9.22. The molecule has 0 amide bonds. The van der Waals surface area contributed by atoms with E-state index < -0.39 is 11.7 Å². The lowest BCUT2D eigenvalue weighted by Crippen LogP contribution is -2.05. The van der Waals surface area contributed by atoms with Crippen molar-refractivity contribution in [2.45, 2.75) is 6.18 Å². The fourth-order valence-corrected chi connectivity index (χ4v) is 7.27. The van der Waals surface area contributed by atoms with Gasteiger partial charge in [-0.1, -0.05) is 103 Å². The lowest BCUT2D eigenvalue weighted by atomic mass is 9.85. The zero-order chi connectivity index (χ0) is 31.7. The van der Waals surface area contributed by atoms with Gasteiger partial charge in [-0.05, 0) is 97.0 Å². The van der Waals surface area contributed by atoms with Crippen molar-refractivity contribution < 1.29 is 13.2 Å². The molecule has 0 fully saturated rings. The second-order valence-corrected chi connectivity index (χ2v) is 11.9. The first-order valence-electron chi connectivity index (χ1n) is 15.5. The summed E-state index contributed by atoms with van der Waals surface area (Å²) in [6.45, 7) is 0. The van der Waals surface area contributed by atoms with Gasteiger partial charge < -0.3 is 0 Å². The number of fused-ring (bicyclic) bond motifs is 6. The maximum atomic E-state index is 14.1. The van der Waals surface area contributed by atoms with Gasteiger partial charge in [-0.2, -0.15) is 13.2 Å². The lowest BCUT2D eigenvalue weighted by molar-refractivity contribution is -0.136. The van der Waals surface area contributed by atoms with E-state index in [4.69, 9.17) is 0 Å². The van der Waals surface area contributed by atoms with Crippen LogP contribution in [0.15, 0.2) is 152 Å². The number of hydrogen-bond acceptors (Lipinski definition) is 1. The Morgan fingerprint density at radius 1 is 0.489 bits per heavy atom. The van der Waals surface area contributed by atoms with Crippen LogP contribution >= 0.6 is 0 Å². The van der Waals surface area contributed by atoms with Crippen molar-refractivity contribution in [3.63, 3.8) is 0 Å². The quantitative estimate of drug-likeness (QED) is 0.181. The molecule has 0 radical (unpaired) electrons. The molecule has 0 saturated carbocycles. The van der Waals surface area contributed by atoms with Gasteiger partial charge >= 0.3 is 6.18 Å². The molecular weight excluding hydrogens is 589 g/mol. The monoisotopic (exact) mass is 614 g/mol. The molecule has 0 bridgehead atoms. The number of halogens is 3. The Labute approximate surface area is 268 Å². The molecule has 0 saturated heterocycles. The van der Waals surface area contributed by atoms with Crippen LogP contribution in [-0.4, -0.2) is 9.55 Å². The SMILES string of the molecule is FC(F)(F)c1cccc2c1c1cccnc1n2-c1ccc2cc(-c3c4ccccc4c(-c4ccccc4)c4ccccc34)ccc2c1. The topological polar surface area (TPSA) is 17.8 Å². The molecule has 7 aromatic carbocycles. The van der Waals surface area contributed by atoms with Crippen LogP contribution in [0.2, 0.25) is 0 Å². The van der Waals surface area contributed by atoms with Crippen LogP contribution in [0.1, 0.15) is 5.56 Å². The zero-order valence-electron chi connectivity index (χ0n) is 25.0. The number of nitrogens with zero attached hydrogens (tertiary/aromatic N) is 2. The van der Waals surface area contributed by atoms with E-state index in [1.165, 1.54) is 44.3 Å². The van der Waals surface area contributed by atoms with Crippen molar-refractivity contribution in [2.75, 3.05) is 0 Å². The van der Waals surface area contributed by atoms with Gasteiger partial charge in [-0.3, -0.25) is 4.57 Å². The van der Waals surface area contributed by atoms with Gasteiger partial charge in [0.15, 0.2) is 0 Å². The van der Waals surface area contributed by atoms with Crippen molar-refractivity contribution in [2.24, 2.45) is 0 Å². The second-order valence-electron chi connectivity index (χ2n) is 11.9. The fourth-order valence-electron chi connectivity index (χ4n) is 7.27. The molecule has 224 valence electrons. The Balaban J connectivity index is 1.25. The molecule has 2 aromatic heterocycles. The molecule has 9 aromatic rings. The average molecular weight is 615 g/mol. The molecule has 47 heavy (non-hydrogen) atoms. The van der Waals surface area contributed by atoms with Crippen LogP contribution in [0.4, 0.5) is 13.2 Å². The molecule has 0 N–H and O–H groups in total. The van der Waals surface area contributed by atoms with E-state index in [1.54, 1.807) is 24.4 Å². The molecule has 0 aliphatic heterocycles. The zero-order valence-corrected chi connectivity index (χ0v) is 25.0. The highest BCUT2D eigenvalue weighted by molar-refractivity contribution is 6.21. The van der Waals surface area contributed by atoms with E-state index in [-0.39, 0.29) is 5.39 Å². The van der Waals surface area contributed by atoms with Crippen LogP contribution in [0.3, 0.4) is 0 Å². The molecule has 0 unspecified atom stereocenters. The number of alkyl halides is 3. The maximum absolute atomic E-state index is 14.1. The molecule has 2 nitrogen and oxygen atoms in total. The number of rotatable bonds is 3. The second kappa shape index (κ2) is 10.3. The highest BCUT2D eigenvalue weighted by Crippen LogP contribution is 2.45. The summed E-state index contributed by atoms with van der Waals surface area (Å²) in [5.41, 5.74) is 5.74. The van der Waals surface area contributed by atoms with Crippen LogP contribution in [0.5, 0.6) is 0 Å². The summed E-state index contributed by atoms with van der Waals surface area (Å²) < 4.78 is 44.2. The fraction of sp³-hybridized carbons (Fsp3) is 0.0238. The van der Waals surface area contributed by atoms with Crippen LogP contribution in [-0.2, 0) is 6.18 Å². The number of pyridine rings is 1. The summed E-state index contributed by atoms with van der Waals surface area (Å²) in [5, 5.41) is 7.41. The first kappa shape index (κ1) is 27.4. The Kier molecular flexibility index (Phi) is 6.00. The van der Waals surface area contributed by atoms with Crippen molar-refractivity contribution >= 4 is 54.3 Å². The lowest BCUT2D eigenvalue weighted by Gasteiger charge is -2.18.